The van der Waals surface area contributed by atoms with Crippen LogP contribution in [0.15, 0.2) is 36.4 Å². The van der Waals surface area contributed by atoms with E-state index in [-0.39, 0.29) is 0 Å². The van der Waals surface area contributed by atoms with Crippen molar-refractivity contribution in [2.24, 2.45) is 0 Å². The molecule has 1 fully saturated rings. The molecule has 4 heteroatoms. The summed E-state index contributed by atoms with van der Waals surface area (Å²) in [6.07, 6.45) is 2.48. The summed E-state index contributed by atoms with van der Waals surface area (Å²) in [5.74, 6) is 0.891. The van der Waals surface area contributed by atoms with Crippen LogP contribution in [-0.4, -0.2) is 30.2 Å². The minimum Gasteiger partial charge on any atom is -0.497 e. The highest BCUT2D eigenvalue weighted by molar-refractivity contribution is 7.80. The Kier molecular flexibility index (Phi) is 3.97. The zero-order valence-electron chi connectivity index (χ0n) is 12.4. The first-order chi connectivity index (χ1) is 10.2. The van der Waals surface area contributed by atoms with Crippen molar-refractivity contribution in [1.29, 1.82) is 0 Å². The Labute approximate surface area is 130 Å². The van der Waals surface area contributed by atoms with Crippen LogP contribution >= 0.6 is 12.2 Å². The summed E-state index contributed by atoms with van der Waals surface area (Å²) >= 11 is 5.42. The molecule has 21 heavy (non-hydrogen) atoms. The van der Waals surface area contributed by atoms with Crippen molar-refractivity contribution in [2.45, 2.75) is 25.4 Å². The average molecular weight is 300 g/mol. The Bertz CT molecular complexity index is 667. The Balaban J connectivity index is 1.72. The second kappa shape index (κ2) is 5.90. The summed E-state index contributed by atoms with van der Waals surface area (Å²) in [4.78, 5) is 2.10. The van der Waals surface area contributed by atoms with Crippen molar-refractivity contribution in [3.63, 3.8) is 0 Å². The van der Waals surface area contributed by atoms with Crippen molar-refractivity contribution >= 4 is 28.1 Å². The summed E-state index contributed by atoms with van der Waals surface area (Å²) in [6, 6.07) is 13.3. The number of ether oxygens (including phenoxy) is 1. The van der Waals surface area contributed by atoms with Gasteiger partial charge in [0.25, 0.3) is 0 Å². The molecule has 0 aromatic heterocycles. The third-order valence-electron chi connectivity index (χ3n) is 3.78. The zero-order chi connectivity index (χ0) is 14.8. The van der Waals surface area contributed by atoms with Gasteiger partial charge in [-0.25, -0.2) is 0 Å². The molecule has 2 aromatic rings. The van der Waals surface area contributed by atoms with E-state index >= 15 is 0 Å². The third-order valence-corrected chi connectivity index (χ3v) is 4.21. The number of thiocarbonyl (C=S) groups is 1. The zero-order valence-corrected chi connectivity index (χ0v) is 13.2. The van der Waals surface area contributed by atoms with Crippen LogP contribution < -0.4 is 10.1 Å². The molecule has 0 saturated heterocycles. The topological polar surface area (TPSA) is 24.5 Å². The van der Waals surface area contributed by atoms with Crippen molar-refractivity contribution in [3.05, 3.63) is 42.0 Å². The number of fused-ring (bicyclic) bond motifs is 1. The highest BCUT2D eigenvalue weighted by Gasteiger charge is 2.22. The molecular formula is C17H20N2OS. The molecule has 3 rings (SSSR count). The molecule has 0 aliphatic heterocycles. The van der Waals surface area contributed by atoms with Gasteiger partial charge in [-0.05, 0) is 59.6 Å². The first-order valence-electron chi connectivity index (χ1n) is 7.24. The molecule has 0 atom stereocenters. The van der Waals surface area contributed by atoms with Crippen LogP contribution in [0.3, 0.4) is 0 Å². The van der Waals surface area contributed by atoms with Crippen molar-refractivity contribution in [3.8, 4) is 5.75 Å². The minimum atomic E-state index is 0.601. The predicted molar refractivity (Wildman–Crippen MR) is 90.7 cm³/mol. The lowest BCUT2D eigenvalue weighted by atomic mass is 10.1. The van der Waals surface area contributed by atoms with Crippen LogP contribution in [0.5, 0.6) is 5.75 Å². The molecule has 0 radical (unpaired) electrons. The highest BCUT2D eigenvalue weighted by atomic mass is 32.1. The summed E-state index contributed by atoms with van der Waals surface area (Å²) < 4.78 is 5.26. The lowest BCUT2D eigenvalue weighted by Gasteiger charge is -2.21. The summed E-state index contributed by atoms with van der Waals surface area (Å²) in [6.45, 7) is 0.820. The number of rotatable bonds is 4. The van der Waals surface area contributed by atoms with E-state index in [1.807, 2.05) is 13.1 Å². The van der Waals surface area contributed by atoms with Gasteiger partial charge in [0, 0.05) is 19.6 Å². The summed E-state index contributed by atoms with van der Waals surface area (Å²) in [5, 5.41) is 6.63. The summed E-state index contributed by atoms with van der Waals surface area (Å²) in [7, 11) is 3.73. The molecule has 1 aliphatic carbocycles. The standard InChI is InChI=1S/C17H20N2OS/c1-19(17(21)18-15-6-7-15)11-12-3-4-14-10-16(20-2)8-5-13(14)9-12/h3-5,8-10,15H,6-7,11H2,1-2H3,(H,18,21). The maximum Gasteiger partial charge on any atom is 0.169 e. The lowest BCUT2D eigenvalue weighted by molar-refractivity contribution is 0.415. The normalized spacial score (nSPS) is 14.0. The van der Waals surface area contributed by atoms with E-state index < -0.39 is 0 Å². The van der Waals surface area contributed by atoms with Crippen LogP contribution in [0.1, 0.15) is 18.4 Å². The Morgan fingerprint density at radius 1 is 1.24 bits per heavy atom. The van der Waals surface area contributed by atoms with Gasteiger partial charge in [-0.1, -0.05) is 18.2 Å². The Morgan fingerprint density at radius 2 is 1.95 bits per heavy atom. The van der Waals surface area contributed by atoms with Gasteiger partial charge < -0.3 is 15.0 Å². The first kappa shape index (κ1) is 14.1. The van der Waals surface area contributed by atoms with Gasteiger partial charge in [-0.3, -0.25) is 0 Å². The van der Waals surface area contributed by atoms with E-state index in [0.29, 0.717) is 6.04 Å². The molecule has 0 heterocycles. The maximum atomic E-state index is 5.42. The monoisotopic (exact) mass is 300 g/mol. The van der Waals surface area contributed by atoms with Gasteiger partial charge in [0.2, 0.25) is 0 Å². The van der Waals surface area contributed by atoms with Crippen molar-refractivity contribution in [2.75, 3.05) is 14.2 Å². The molecule has 1 saturated carbocycles. The fraction of sp³-hybridized carbons (Fsp3) is 0.353. The largest absolute Gasteiger partial charge is 0.497 e. The van der Waals surface area contributed by atoms with E-state index in [1.54, 1.807) is 7.11 Å². The van der Waals surface area contributed by atoms with Crippen molar-refractivity contribution in [1.82, 2.24) is 10.2 Å². The Morgan fingerprint density at radius 3 is 2.67 bits per heavy atom. The molecule has 0 unspecified atom stereocenters. The fourth-order valence-electron chi connectivity index (χ4n) is 2.36. The molecule has 1 aliphatic rings. The number of methoxy groups -OCH3 is 1. The number of nitrogens with one attached hydrogen (secondary N) is 1. The van der Waals surface area contributed by atoms with Crippen LogP contribution in [-0.2, 0) is 6.54 Å². The van der Waals surface area contributed by atoms with Crippen LogP contribution in [0.25, 0.3) is 10.8 Å². The SMILES string of the molecule is COc1ccc2cc(CN(C)C(=S)NC3CC3)ccc2c1. The lowest BCUT2D eigenvalue weighted by Crippen LogP contribution is -2.37. The van der Waals surface area contributed by atoms with Gasteiger partial charge in [-0.2, -0.15) is 0 Å². The molecule has 0 spiro atoms. The van der Waals surface area contributed by atoms with E-state index in [9.17, 15) is 0 Å². The van der Waals surface area contributed by atoms with Gasteiger partial charge >= 0.3 is 0 Å². The van der Waals surface area contributed by atoms with Gasteiger partial charge in [0.05, 0.1) is 7.11 Å². The van der Waals surface area contributed by atoms with Gasteiger partial charge in [-0.15, -0.1) is 0 Å². The average Bonchev–Trinajstić information content (AvgIpc) is 3.30. The number of hydrogen-bond donors (Lipinski definition) is 1. The highest BCUT2D eigenvalue weighted by Crippen LogP contribution is 2.23. The second-order valence-corrected chi connectivity index (χ2v) is 6.01. The van der Waals surface area contributed by atoms with Crippen LogP contribution in [0.4, 0.5) is 0 Å². The minimum absolute atomic E-state index is 0.601. The number of benzene rings is 2. The van der Waals surface area contributed by atoms with E-state index in [0.717, 1.165) is 17.4 Å². The van der Waals surface area contributed by atoms with Crippen LogP contribution in [0, 0.1) is 0 Å². The quantitative estimate of drug-likeness (QED) is 0.876. The smallest absolute Gasteiger partial charge is 0.169 e. The first-order valence-corrected chi connectivity index (χ1v) is 7.65. The van der Waals surface area contributed by atoms with E-state index in [2.05, 4.69) is 40.5 Å². The maximum absolute atomic E-state index is 5.42. The van der Waals surface area contributed by atoms with Gasteiger partial charge in [0.1, 0.15) is 5.75 Å². The molecule has 110 valence electrons. The number of hydrogen-bond acceptors (Lipinski definition) is 2. The number of nitrogens with zero attached hydrogens (tertiary/aromatic N) is 1. The Hall–Kier alpha value is -1.81. The molecule has 3 nitrogen and oxygen atoms in total. The van der Waals surface area contributed by atoms with E-state index in [1.165, 1.54) is 29.2 Å². The molecule has 0 amide bonds. The molecule has 1 N–H and O–H groups in total. The van der Waals surface area contributed by atoms with E-state index in [4.69, 9.17) is 17.0 Å². The molecular weight excluding hydrogens is 280 g/mol. The third kappa shape index (κ3) is 3.45. The molecule has 0 bridgehead atoms. The van der Waals surface area contributed by atoms with Gasteiger partial charge in [0.15, 0.2) is 5.11 Å². The summed E-state index contributed by atoms with van der Waals surface area (Å²) in [5.41, 5.74) is 1.26. The fourth-order valence-corrected chi connectivity index (χ4v) is 2.59. The predicted octanol–water partition coefficient (Wildman–Crippen LogP) is 3.32. The molecule has 2 aromatic carbocycles. The second-order valence-electron chi connectivity index (χ2n) is 5.63. The van der Waals surface area contributed by atoms with Crippen LogP contribution in [0.2, 0.25) is 0 Å². The van der Waals surface area contributed by atoms with Crippen molar-refractivity contribution < 1.29 is 4.74 Å².